The fraction of sp³-hybridized carbons (Fsp3) is 0. The van der Waals surface area contributed by atoms with Crippen molar-refractivity contribution in [3.63, 3.8) is 0 Å². The SMILES string of the molecule is c1ccc2c(c1)-c1ccccc1-c1c(cccc1-n1c3ccccc3c3cc(-n4c5ccccc5c5ccccc54)ccc31)-c1cccc(-n3c4ccccc4c4ccccc43)c1-2. The summed E-state index contributed by atoms with van der Waals surface area (Å²) in [4.78, 5) is 0. The maximum Gasteiger partial charge on any atom is 0.0547 e. The lowest BCUT2D eigenvalue weighted by atomic mass is 9.79. The first-order valence-electron chi connectivity index (χ1n) is 21.8. The van der Waals surface area contributed by atoms with E-state index in [2.05, 4.69) is 238 Å². The molecule has 0 saturated heterocycles. The van der Waals surface area contributed by atoms with E-state index in [4.69, 9.17) is 0 Å². The summed E-state index contributed by atoms with van der Waals surface area (Å²) in [5.74, 6) is 0. The number of rotatable bonds is 3. The monoisotopic (exact) mass is 799 g/mol. The first-order chi connectivity index (χ1) is 31.3. The maximum absolute atomic E-state index is 2.51. The van der Waals surface area contributed by atoms with Gasteiger partial charge in [-0.15, -0.1) is 0 Å². The summed E-state index contributed by atoms with van der Waals surface area (Å²) in [6.45, 7) is 0. The van der Waals surface area contributed by atoms with Crippen molar-refractivity contribution in [1.29, 1.82) is 0 Å². The number of benzene rings is 10. The number of para-hydroxylation sites is 5. The van der Waals surface area contributed by atoms with Crippen molar-refractivity contribution in [3.05, 3.63) is 224 Å². The summed E-state index contributed by atoms with van der Waals surface area (Å²) in [6.07, 6.45) is 0. The molecule has 3 nitrogen and oxygen atoms in total. The highest BCUT2D eigenvalue weighted by Crippen LogP contribution is 2.52. The van der Waals surface area contributed by atoms with Gasteiger partial charge in [0.25, 0.3) is 0 Å². The molecule has 3 aromatic heterocycles. The van der Waals surface area contributed by atoms with Crippen molar-refractivity contribution in [3.8, 4) is 61.6 Å². The van der Waals surface area contributed by atoms with Crippen LogP contribution < -0.4 is 0 Å². The van der Waals surface area contributed by atoms with E-state index in [0.29, 0.717) is 0 Å². The fourth-order valence-electron chi connectivity index (χ4n) is 11.1. The van der Waals surface area contributed by atoms with Gasteiger partial charge in [0, 0.05) is 49.1 Å². The molecular weight excluding hydrogens is 763 g/mol. The molecule has 3 heteroatoms. The fourth-order valence-corrected chi connectivity index (χ4v) is 11.1. The molecule has 0 saturated carbocycles. The molecule has 14 rings (SSSR count). The summed E-state index contributed by atoms with van der Waals surface area (Å²) in [5.41, 5.74) is 20.4. The minimum atomic E-state index is 1.15. The third kappa shape index (κ3) is 4.74. The molecule has 13 aromatic rings. The summed E-state index contributed by atoms with van der Waals surface area (Å²) in [5, 5.41) is 7.49. The lowest BCUT2D eigenvalue weighted by Gasteiger charge is -2.27. The van der Waals surface area contributed by atoms with E-state index in [1.165, 1.54) is 116 Å². The Morgan fingerprint density at radius 2 is 0.524 bits per heavy atom. The standard InChI is InChI=1S/C60H37N3/c1-3-24-46-39(17-1)40-18-2-4-25-47(40)60-49(48-26-15-33-57(59(46)48)62-53-30-12-7-21-43(53)44-22-8-13-31-54(44)62)27-16-34-58(60)63-55-32-14-9-23-45(55)50-37-38(35-36-56(50)63)61-51-28-10-5-19-41(51)42-20-6-11-29-52(42)61/h1-37H. The Kier molecular flexibility index (Phi) is 7.11. The van der Waals surface area contributed by atoms with Gasteiger partial charge in [-0.05, 0) is 94.0 Å². The Labute approximate surface area is 363 Å². The first-order valence-corrected chi connectivity index (χ1v) is 21.8. The van der Waals surface area contributed by atoms with Gasteiger partial charge < -0.3 is 13.7 Å². The maximum atomic E-state index is 2.51. The number of fused-ring (bicyclic) bond motifs is 17. The van der Waals surface area contributed by atoms with Crippen LogP contribution >= 0.6 is 0 Å². The molecule has 0 N–H and O–H groups in total. The highest BCUT2D eigenvalue weighted by molar-refractivity contribution is 6.15. The quantitative estimate of drug-likeness (QED) is 0.169. The van der Waals surface area contributed by atoms with Crippen LogP contribution in [0.3, 0.4) is 0 Å². The average Bonchev–Trinajstić information content (AvgIpc) is 3.99. The van der Waals surface area contributed by atoms with E-state index >= 15 is 0 Å². The Morgan fingerprint density at radius 1 is 0.206 bits per heavy atom. The summed E-state index contributed by atoms with van der Waals surface area (Å²) < 4.78 is 7.42. The van der Waals surface area contributed by atoms with Gasteiger partial charge in [0.1, 0.15) is 0 Å². The van der Waals surface area contributed by atoms with Crippen LogP contribution in [0.2, 0.25) is 0 Å². The molecule has 0 aliphatic heterocycles. The van der Waals surface area contributed by atoms with E-state index in [0.717, 1.165) is 11.4 Å². The van der Waals surface area contributed by atoms with Crippen molar-refractivity contribution in [1.82, 2.24) is 13.7 Å². The zero-order valence-corrected chi connectivity index (χ0v) is 34.2. The topological polar surface area (TPSA) is 14.8 Å². The van der Waals surface area contributed by atoms with E-state index in [1.807, 2.05) is 0 Å². The zero-order valence-electron chi connectivity index (χ0n) is 34.2. The van der Waals surface area contributed by atoms with Crippen LogP contribution in [0, 0.1) is 0 Å². The van der Waals surface area contributed by atoms with Gasteiger partial charge in [-0.25, -0.2) is 0 Å². The van der Waals surface area contributed by atoms with E-state index in [1.54, 1.807) is 0 Å². The van der Waals surface area contributed by atoms with E-state index in [9.17, 15) is 0 Å². The van der Waals surface area contributed by atoms with Crippen LogP contribution in [0.15, 0.2) is 224 Å². The molecule has 0 atom stereocenters. The van der Waals surface area contributed by atoms with Crippen LogP contribution in [-0.2, 0) is 0 Å². The summed E-state index contributed by atoms with van der Waals surface area (Å²) in [7, 11) is 0. The number of hydrogen-bond acceptors (Lipinski definition) is 0. The van der Waals surface area contributed by atoms with Gasteiger partial charge >= 0.3 is 0 Å². The first kappa shape index (κ1) is 34.3. The molecule has 0 spiro atoms. The van der Waals surface area contributed by atoms with Crippen molar-refractivity contribution >= 4 is 65.4 Å². The Morgan fingerprint density at radius 3 is 0.952 bits per heavy atom. The molecule has 1 aliphatic carbocycles. The van der Waals surface area contributed by atoms with Crippen LogP contribution in [0.5, 0.6) is 0 Å². The van der Waals surface area contributed by atoms with Gasteiger partial charge in [0.2, 0.25) is 0 Å². The number of aromatic nitrogens is 3. The molecule has 0 bridgehead atoms. The van der Waals surface area contributed by atoms with Crippen LogP contribution in [0.1, 0.15) is 0 Å². The third-order valence-corrected chi connectivity index (χ3v) is 13.6. The van der Waals surface area contributed by atoms with E-state index in [-0.39, 0.29) is 0 Å². The zero-order chi connectivity index (χ0) is 41.2. The van der Waals surface area contributed by atoms with Gasteiger partial charge in [-0.2, -0.15) is 0 Å². The van der Waals surface area contributed by atoms with E-state index < -0.39 is 0 Å². The molecule has 63 heavy (non-hydrogen) atoms. The van der Waals surface area contributed by atoms with Gasteiger partial charge in [-0.1, -0.05) is 164 Å². The smallest absolute Gasteiger partial charge is 0.0547 e. The highest BCUT2D eigenvalue weighted by Gasteiger charge is 2.28. The molecule has 3 heterocycles. The summed E-state index contributed by atoms with van der Waals surface area (Å²) >= 11 is 0. The van der Waals surface area contributed by atoms with Crippen molar-refractivity contribution in [2.24, 2.45) is 0 Å². The second-order valence-corrected chi connectivity index (χ2v) is 16.8. The molecule has 0 radical (unpaired) electrons. The molecule has 1 aliphatic rings. The Balaban J connectivity index is 1.08. The van der Waals surface area contributed by atoms with Crippen molar-refractivity contribution in [2.75, 3.05) is 0 Å². The Bertz CT molecular complexity index is 3930. The molecule has 10 aromatic carbocycles. The molecule has 0 unspecified atom stereocenters. The van der Waals surface area contributed by atoms with Crippen LogP contribution in [0.4, 0.5) is 0 Å². The van der Waals surface area contributed by atoms with Crippen LogP contribution in [0.25, 0.3) is 127 Å². The lowest BCUT2D eigenvalue weighted by molar-refractivity contribution is 1.16. The summed E-state index contributed by atoms with van der Waals surface area (Å²) in [6, 6.07) is 83.0. The third-order valence-electron chi connectivity index (χ3n) is 13.6. The number of hydrogen-bond donors (Lipinski definition) is 0. The molecular formula is C60H37N3. The van der Waals surface area contributed by atoms with Gasteiger partial charge in [0.05, 0.1) is 44.5 Å². The molecule has 0 fully saturated rings. The minimum absolute atomic E-state index is 1.15. The minimum Gasteiger partial charge on any atom is -0.309 e. The Hall–Kier alpha value is -8.40. The van der Waals surface area contributed by atoms with Crippen molar-refractivity contribution < 1.29 is 0 Å². The lowest BCUT2D eigenvalue weighted by Crippen LogP contribution is -2.05. The normalized spacial score (nSPS) is 12.1. The predicted octanol–water partition coefficient (Wildman–Crippen LogP) is 16.0. The van der Waals surface area contributed by atoms with Crippen molar-refractivity contribution in [2.45, 2.75) is 0 Å². The van der Waals surface area contributed by atoms with Gasteiger partial charge in [-0.3, -0.25) is 0 Å². The second kappa shape index (κ2) is 13.1. The molecule has 0 amide bonds. The van der Waals surface area contributed by atoms with Crippen LogP contribution in [-0.4, -0.2) is 13.7 Å². The predicted molar refractivity (Wildman–Crippen MR) is 265 cm³/mol. The average molecular weight is 800 g/mol. The highest BCUT2D eigenvalue weighted by atomic mass is 15.0. The second-order valence-electron chi connectivity index (χ2n) is 16.8. The van der Waals surface area contributed by atoms with Gasteiger partial charge in [0.15, 0.2) is 0 Å². The largest absolute Gasteiger partial charge is 0.309 e. The number of nitrogens with zero attached hydrogens (tertiary/aromatic N) is 3. The molecule has 292 valence electrons.